The monoisotopic (exact) mass is 404 g/mol. The maximum absolute atomic E-state index is 12.8. The van der Waals surface area contributed by atoms with Crippen LogP contribution in [0.25, 0.3) is 22.0 Å². The molecule has 0 aliphatic rings. The van der Waals surface area contributed by atoms with E-state index in [1.807, 2.05) is 10.8 Å². The van der Waals surface area contributed by atoms with E-state index in [0.717, 1.165) is 6.26 Å². The molecule has 0 aliphatic heterocycles. The number of halogens is 1. The first-order chi connectivity index (χ1) is 12.7. The van der Waals surface area contributed by atoms with Crippen LogP contribution in [0.2, 0.25) is 5.02 Å². The minimum absolute atomic E-state index is 0.115. The lowest BCUT2D eigenvalue weighted by molar-refractivity contribution is 0.0974. The highest BCUT2D eigenvalue weighted by molar-refractivity contribution is 7.89. The fraction of sp³-hybridized carbons (Fsp3) is 0.118. The quantitative estimate of drug-likeness (QED) is 0.686. The molecule has 0 unspecified atom stereocenters. The highest BCUT2D eigenvalue weighted by Crippen LogP contribution is 2.35. The summed E-state index contributed by atoms with van der Waals surface area (Å²) in [7, 11) is -3.87. The Labute approximate surface area is 159 Å². The van der Waals surface area contributed by atoms with Crippen LogP contribution < -0.4 is 10.3 Å². The summed E-state index contributed by atoms with van der Waals surface area (Å²) in [5.41, 5.74) is 0.238. The standard InChI is InChI=1S/C17H13ClN4O4S/c1-27(25,26)21-17(24)15-14(11-3-2-7-20-16(11)23)12-9-10(18)4-5-13(12)22(15)8-6-19/h2-5,7,9H,8H2,1H3,(H,20,23)(H,21,24). The van der Waals surface area contributed by atoms with E-state index in [-0.39, 0.29) is 23.4 Å². The van der Waals surface area contributed by atoms with Gasteiger partial charge in [-0.3, -0.25) is 9.59 Å². The number of pyridine rings is 1. The Morgan fingerprint density at radius 1 is 1.37 bits per heavy atom. The predicted molar refractivity (Wildman–Crippen MR) is 101 cm³/mol. The van der Waals surface area contributed by atoms with Crippen molar-refractivity contribution in [1.82, 2.24) is 14.3 Å². The van der Waals surface area contributed by atoms with Crippen LogP contribution in [0.15, 0.2) is 41.3 Å². The van der Waals surface area contributed by atoms with Gasteiger partial charge in [-0.25, -0.2) is 13.1 Å². The summed E-state index contributed by atoms with van der Waals surface area (Å²) in [5, 5.41) is 10.0. The zero-order valence-electron chi connectivity index (χ0n) is 14.0. The Morgan fingerprint density at radius 3 is 2.74 bits per heavy atom. The van der Waals surface area contributed by atoms with Gasteiger partial charge in [-0.1, -0.05) is 11.6 Å². The number of nitrogens with one attached hydrogen (secondary N) is 2. The van der Waals surface area contributed by atoms with Crippen LogP contribution in [0.1, 0.15) is 10.5 Å². The molecular formula is C17H13ClN4O4S. The van der Waals surface area contributed by atoms with Gasteiger partial charge in [0.15, 0.2) is 0 Å². The summed E-state index contributed by atoms with van der Waals surface area (Å²) in [6, 6.07) is 9.76. The van der Waals surface area contributed by atoms with E-state index in [9.17, 15) is 23.3 Å². The van der Waals surface area contributed by atoms with E-state index >= 15 is 0 Å². The minimum atomic E-state index is -3.87. The Morgan fingerprint density at radius 2 is 2.11 bits per heavy atom. The van der Waals surface area contributed by atoms with Gasteiger partial charge >= 0.3 is 0 Å². The van der Waals surface area contributed by atoms with Crippen molar-refractivity contribution in [2.45, 2.75) is 6.54 Å². The molecule has 10 heteroatoms. The van der Waals surface area contributed by atoms with Gasteiger partial charge in [0.1, 0.15) is 12.2 Å². The lowest BCUT2D eigenvalue weighted by atomic mass is 10.0. The van der Waals surface area contributed by atoms with Gasteiger partial charge in [-0.05, 0) is 30.3 Å². The molecule has 2 aromatic heterocycles. The van der Waals surface area contributed by atoms with Gasteiger partial charge in [0.05, 0.1) is 17.8 Å². The molecule has 2 heterocycles. The summed E-state index contributed by atoms with van der Waals surface area (Å²) in [6.07, 6.45) is 2.28. The van der Waals surface area contributed by atoms with Crippen LogP contribution in [0.3, 0.4) is 0 Å². The average molecular weight is 405 g/mol. The van der Waals surface area contributed by atoms with Gasteiger partial charge in [-0.15, -0.1) is 0 Å². The number of amides is 1. The lowest BCUT2D eigenvalue weighted by Crippen LogP contribution is -2.31. The van der Waals surface area contributed by atoms with Crippen molar-refractivity contribution in [1.29, 1.82) is 5.26 Å². The molecule has 1 aromatic carbocycles. The van der Waals surface area contributed by atoms with Crippen molar-refractivity contribution in [3.8, 4) is 17.2 Å². The molecule has 27 heavy (non-hydrogen) atoms. The summed E-state index contributed by atoms with van der Waals surface area (Å²) in [6.45, 7) is -0.227. The number of sulfonamides is 1. The van der Waals surface area contributed by atoms with E-state index in [1.54, 1.807) is 24.3 Å². The summed E-state index contributed by atoms with van der Waals surface area (Å²) >= 11 is 6.09. The molecule has 3 rings (SSSR count). The van der Waals surface area contributed by atoms with Crippen molar-refractivity contribution >= 4 is 38.4 Å². The first-order valence-electron chi connectivity index (χ1n) is 7.62. The third-order valence-corrected chi connectivity index (χ3v) is 4.63. The topological polar surface area (TPSA) is 125 Å². The molecule has 2 N–H and O–H groups in total. The number of carbonyl (C=O) groups is 1. The number of fused-ring (bicyclic) bond motifs is 1. The third-order valence-electron chi connectivity index (χ3n) is 3.83. The molecule has 0 fully saturated rings. The molecule has 0 aliphatic carbocycles. The number of hydrogen-bond acceptors (Lipinski definition) is 5. The second-order valence-corrected chi connectivity index (χ2v) is 7.93. The lowest BCUT2D eigenvalue weighted by Gasteiger charge is -2.09. The molecular weight excluding hydrogens is 392 g/mol. The molecule has 0 saturated heterocycles. The molecule has 3 aromatic rings. The van der Waals surface area contributed by atoms with Crippen LogP contribution in [-0.2, 0) is 16.6 Å². The first kappa shape index (κ1) is 18.7. The molecule has 8 nitrogen and oxygen atoms in total. The smallest absolute Gasteiger partial charge is 0.282 e. The Hall–Kier alpha value is -3.09. The second-order valence-electron chi connectivity index (χ2n) is 5.75. The summed E-state index contributed by atoms with van der Waals surface area (Å²) in [4.78, 5) is 27.6. The van der Waals surface area contributed by atoms with Crippen LogP contribution in [0, 0.1) is 11.3 Å². The fourth-order valence-corrected chi connectivity index (χ4v) is 3.51. The number of carbonyl (C=O) groups excluding carboxylic acids is 1. The number of rotatable bonds is 4. The van der Waals surface area contributed by atoms with Crippen molar-refractivity contribution in [2.75, 3.05) is 6.26 Å². The Bertz CT molecular complexity index is 1270. The van der Waals surface area contributed by atoms with E-state index in [2.05, 4.69) is 4.98 Å². The van der Waals surface area contributed by atoms with Gasteiger partial charge in [0.25, 0.3) is 11.5 Å². The number of hydrogen-bond donors (Lipinski definition) is 2. The molecule has 138 valence electrons. The highest BCUT2D eigenvalue weighted by atomic mass is 35.5. The number of benzene rings is 1. The maximum atomic E-state index is 12.8. The average Bonchev–Trinajstić information content (AvgIpc) is 2.88. The van der Waals surface area contributed by atoms with Gasteiger partial charge < -0.3 is 9.55 Å². The van der Waals surface area contributed by atoms with Crippen molar-refractivity contribution in [2.24, 2.45) is 0 Å². The zero-order chi connectivity index (χ0) is 19.8. The Kier molecular flexibility index (Phi) is 4.78. The van der Waals surface area contributed by atoms with E-state index in [0.29, 0.717) is 15.9 Å². The van der Waals surface area contributed by atoms with Crippen LogP contribution >= 0.6 is 11.6 Å². The number of aromatic nitrogens is 2. The largest absolute Gasteiger partial charge is 0.329 e. The minimum Gasteiger partial charge on any atom is -0.329 e. The first-order valence-corrected chi connectivity index (χ1v) is 9.88. The van der Waals surface area contributed by atoms with E-state index in [4.69, 9.17) is 11.6 Å². The molecule has 0 spiro atoms. The van der Waals surface area contributed by atoms with Crippen molar-refractivity contribution in [3.63, 3.8) is 0 Å². The predicted octanol–water partition coefficient (Wildman–Crippen LogP) is 1.86. The van der Waals surface area contributed by atoms with Crippen LogP contribution in [0.4, 0.5) is 0 Å². The Balaban J connectivity index is 2.47. The van der Waals surface area contributed by atoms with E-state index < -0.39 is 21.5 Å². The van der Waals surface area contributed by atoms with Crippen molar-refractivity contribution < 1.29 is 13.2 Å². The number of aromatic amines is 1. The number of nitriles is 1. The highest BCUT2D eigenvalue weighted by Gasteiger charge is 2.27. The molecule has 1 amide bonds. The SMILES string of the molecule is CS(=O)(=O)NC(=O)c1c(-c2ccc[nH]c2=O)c2cc(Cl)ccc2n1CC#N. The summed E-state index contributed by atoms with van der Waals surface area (Å²) in [5.74, 6) is -0.946. The normalized spacial score (nSPS) is 11.3. The second kappa shape index (κ2) is 6.90. The maximum Gasteiger partial charge on any atom is 0.282 e. The van der Waals surface area contributed by atoms with Gasteiger partial charge in [0.2, 0.25) is 10.0 Å². The van der Waals surface area contributed by atoms with Crippen molar-refractivity contribution in [3.05, 3.63) is 57.6 Å². The number of nitrogens with zero attached hydrogens (tertiary/aromatic N) is 2. The van der Waals surface area contributed by atoms with Crippen LogP contribution in [-0.4, -0.2) is 30.1 Å². The van der Waals surface area contributed by atoms with Crippen LogP contribution in [0.5, 0.6) is 0 Å². The van der Waals surface area contributed by atoms with Gasteiger partial charge in [0, 0.05) is 27.7 Å². The van der Waals surface area contributed by atoms with E-state index in [1.165, 1.54) is 16.8 Å². The zero-order valence-corrected chi connectivity index (χ0v) is 15.6. The third kappa shape index (κ3) is 3.58. The molecule has 0 bridgehead atoms. The molecule has 0 atom stereocenters. The number of H-pyrrole nitrogens is 1. The molecule has 0 radical (unpaired) electrons. The van der Waals surface area contributed by atoms with Gasteiger partial charge in [-0.2, -0.15) is 5.26 Å². The molecule has 0 saturated carbocycles. The fourth-order valence-electron chi connectivity index (χ4n) is 2.91. The summed E-state index contributed by atoms with van der Waals surface area (Å²) < 4.78 is 26.4.